The molecule has 2 amide bonds. The molecule has 38 heavy (non-hydrogen) atoms. The Morgan fingerprint density at radius 1 is 1.32 bits per heavy atom. The SMILES string of the molecule is B[C@H](NC(=O)OC(C)(C)C)[C@H](O)CN1C[C@H]2CCC(=O)N2C/C=C\CCOc2cc(OC)ccc2S1(=O)=O. The summed E-state index contributed by atoms with van der Waals surface area (Å²) in [5, 5.41) is 13.6. The van der Waals surface area contributed by atoms with Gasteiger partial charge in [-0.25, -0.2) is 13.2 Å². The zero-order valence-electron chi connectivity index (χ0n) is 22.7. The van der Waals surface area contributed by atoms with Crippen LogP contribution in [0.5, 0.6) is 11.5 Å². The van der Waals surface area contributed by atoms with Gasteiger partial charge < -0.3 is 29.5 Å². The van der Waals surface area contributed by atoms with Gasteiger partial charge in [-0.2, -0.15) is 4.31 Å². The van der Waals surface area contributed by atoms with Crippen LogP contribution in [0.1, 0.15) is 40.0 Å². The average Bonchev–Trinajstić information content (AvgIpc) is 3.17. The maximum atomic E-state index is 14.0. The third-order valence-corrected chi connectivity index (χ3v) is 8.23. The fourth-order valence-electron chi connectivity index (χ4n) is 4.32. The van der Waals surface area contributed by atoms with Crippen LogP contribution in [0, 0.1) is 0 Å². The summed E-state index contributed by atoms with van der Waals surface area (Å²) >= 11 is 0. The van der Waals surface area contributed by atoms with Crippen LogP contribution in [-0.4, -0.2) is 99.6 Å². The minimum atomic E-state index is -4.20. The number of aliphatic hydroxyl groups excluding tert-OH is 1. The molecule has 3 rings (SSSR count). The van der Waals surface area contributed by atoms with E-state index in [-0.39, 0.29) is 42.3 Å². The Kier molecular flexibility index (Phi) is 9.72. The number of methoxy groups -OCH3 is 1. The smallest absolute Gasteiger partial charge is 0.407 e. The molecule has 1 saturated heterocycles. The number of aliphatic hydroxyl groups is 1. The van der Waals surface area contributed by atoms with Crippen LogP contribution in [0.3, 0.4) is 0 Å². The van der Waals surface area contributed by atoms with Gasteiger partial charge in [0.1, 0.15) is 29.8 Å². The minimum absolute atomic E-state index is 0.0242. The van der Waals surface area contributed by atoms with Gasteiger partial charge in [0.2, 0.25) is 15.9 Å². The number of alkyl carbamates (subject to hydrolysis) is 1. The number of nitrogens with zero attached hydrogens (tertiary/aromatic N) is 2. The van der Waals surface area contributed by atoms with E-state index >= 15 is 0 Å². The molecular weight excluding hydrogens is 513 g/mol. The van der Waals surface area contributed by atoms with Crippen molar-refractivity contribution in [3.63, 3.8) is 0 Å². The lowest BCUT2D eigenvalue weighted by molar-refractivity contribution is -0.128. The van der Waals surface area contributed by atoms with Crippen molar-refractivity contribution in [2.24, 2.45) is 0 Å². The first-order valence-corrected chi connectivity index (χ1v) is 14.2. The van der Waals surface area contributed by atoms with Crippen molar-refractivity contribution < 1.29 is 37.3 Å². The Hall–Kier alpha value is -2.77. The zero-order valence-corrected chi connectivity index (χ0v) is 23.5. The molecule has 0 aromatic heterocycles. The summed E-state index contributed by atoms with van der Waals surface area (Å²) < 4.78 is 45.6. The van der Waals surface area contributed by atoms with Crippen molar-refractivity contribution >= 4 is 29.9 Å². The predicted octanol–water partition coefficient (Wildman–Crippen LogP) is 0.860. The van der Waals surface area contributed by atoms with Gasteiger partial charge >= 0.3 is 6.09 Å². The summed E-state index contributed by atoms with van der Waals surface area (Å²) in [5.41, 5.74) is -0.731. The lowest BCUT2D eigenvalue weighted by atomic mass is 9.91. The highest BCUT2D eigenvalue weighted by molar-refractivity contribution is 7.89. The first-order chi connectivity index (χ1) is 17.8. The van der Waals surface area contributed by atoms with Crippen LogP contribution in [0.15, 0.2) is 35.2 Å². The van der Waals surface area contributed by atoms with E-state index < -0.39 is 33.8 Å². The first-order valence-electron chi connectivity index (χ1n) is 12.7. The molecule has 0 bridgehead atoms. The molecule has 0 aliphatic carbocycles. The molecule has 2 heterocycles. The van der Waals surface area contributed by atoms with Crippen LogP contribution in [0.2, 0.25) is 0 Å². The number of hydrogen-bond donors (Lipinski definition) is 2. The number of carbonyl (C=O) groups excluding carboxylic acids is 2. The van der Waals surface area contributed by atoms with Crippen molar-refractivity contribution in [3.05, 3.63) is 30.4 Å². The highest BCUT2D eigenvalue weighted by Gasteiger charge is 2.38. The van der Waals surface area contributed by atoms with E-state index in [1.54, 1.807) is 33.5 Å². The normalized spacial score (nSPS) is 22.8. The molecule has 1 aromatic rings. The van der Waals surface area contributed by atoms with E-state index in [0.29, 0.717) is 31.6 Å². The van der Waals surface area contributed by atoms with Crippen molar-refractivity contribution in [2.45, 2.75) is 68.6 Å². The fourth-order valence-corrected chi connectivity index (χ4v) is 5.93. The molecule has 210 valence electrons. The number of fused-ring (bicyclic) bond motifs is 2. The number of β-amino-alcohol motifs (C(OH)–C–C–N with tert-alkyl or cyclic N) is 1. The number of rotatable bonds is 5. The number of carbonyl (C=O) groups is 2. The van der Waals surface area contributed by atoms with Gasteiger partial charge in [-0.05, 0) is 45.7 Å². The number of benzene rings is 1. The van der Waals surface area contributed by atoms with Crippen LogP contribution in [-0.2, 0) is 19.6 Å². The monoisotopic (exact) mass is 551 g/mol. The van der Waals surface area contributed by atoms with E-state index in [0.717, 1.165) is 4.31 Å². The Morgan fingerprint density at radius 2 is 2.05 bits per heavy atom. The van der Waals surface area contributed by atoms with Crippen molar-refractivity contribution in [1.82, 2.24) is 14.5 Å². The van der Waals surface area contributed by atoms with Crippen LogP contribution < -0.4 is 14.8 Å². The molecule has 1 fully saturated rings. The highest BCUT2D eigenvalue weighted by atomic mass is 32.2. The third-order valence-electron chi connectivity index (χ3n) is 6.36. The molecular formula is C25H38BN3O8S. The van der Waals surface area contributed by atoms with Gasteiger partial charge in [0.15, 0.2) is 0 Å². The van der Waals surface area contributed by atoms with Gasteiger partial charge in [0.05, 0.1) is 19.8 Å². The number of amides is 2. The van der Waals surface area contributed by atoms with Crippen molar-refractivity contribution in [2.75, 3.05) is 33.4 Å². The van der Waals surface area contributed by atoms with E-state index in [1.165, 1.54) is 25.3 Å². The number of ether oxygens (including phenoxy) is 3. The van der Waals surface area contributed by atoms with E-state index in [9.17, 15) is 23.1 Å². The molecule has 1 aromatic carbocycles. The molecule has 2 N–H and O–H groups in total. The molecule has 0 radical (unpaired) electrons. The van der Waals surface area contributed by atoms with Crippen molar-refractivity contribution in [1.29, 1.82) is 0 Å². The Bertz CT molecular complexity index is 1140. The zero-order chi connectivity index (χ0) is 28.1. The minimum Gasteiger partial charge on any atom is -0.497 e. The Balaban J connectivity index is 1.95. The van der Waals surface area contributed by atoms with Crippen LogP contribution >= 0.6 is 0 Å². The molecule has 13 heteroatoms. The average molecular weight is 551 g/mol. The van der Waals surface area contributed by atoms with Crippen LogP contribution in [0.25, 0.3) is 0 Å². The van der Waals surface area contributed by atoms with E-state index in [2.05, 4.69) is 5.32 Å². The second-order valence-electron chi connectivity index (χ2n) is 10.5. The van der Waals surface area contributed by atoms with Gasteiger partial charge in [-0.3, -0.25) is 4.79 Å². The quantitative estimate of drug-likeness (QED) is 0.407. The number of nitrogens with one attached hydrogen (secondary N) is 1. The largest absolute Gasteiger partial charge is 0.497 e. The number of hydrogen-bond acceptors (Lipinski definition) is 8. The van der Waals surface area contributed by atoms with Gasteiger partial charge in [0.25, 0.3) is 0 Å². The molecule has 11 nitrogen and oxygen atoms in total. The summed E-state index contributed by atoms with van der Waals surface area (Å²) in [6.45, 7) is 5.40. The fraction of sp³-hybridized carbons (Fsp3) is 0.600. The Morgan fingerprint density at radius 3 is 2.74 bits per heavy atom. The highest BCUT2D eigenvalue weighted by Crippen LogP contribution is 2.32. The summed E-state index contributed by atoms with van der Waals surface area (Å²) in [4.78, 5) is 26.4. The van der Waals surface area contributed by atoms with E-state index in [4.69, 9.17) is 14.2 Å². The summed E-state index contributed by atoms with van der Waals surface area (Å²) in [5.74, 6) is -0.293. The lowest BCUT2D eigenvalue weighted by Crippen LogP contribution is -2.52. The molecule has 0 unspecified atom stereocenters. The second kappa shape index (κ2) is 12.4. The maximum absolute atomic E-state index is 14.0. The summed E-state index contributed by atoms with van der Waals surface area (Å²) in [6.07, 6.45) is 3.14. The predicted molar refractivity (Wildman–Crippen MR) is 143 cm³/mol. The first kappa shape index (κ1) is 29.8. The maximum Gasteiger partial charge on any atom is 0.407 e. The van der Waals surface area contributed by atoms with Gasteiger partial charge in [-0.15, -0.1) is 0 Å². The van der Waals surface area contributed by atoms with Crippen LogP contribution in [0.4, 0.5) is 4.79 Å². The lowest BCUT2D eigenvalue weighted by Gasteiger charge is -2.33. The summed E-state index contributed by atoms with van der Waals surface area (Å²) in [6, 6.07) is 4.10. The van der Waals surface area contributed by atoms with E-state index in [1.807, 2.05) is 12.2 Å². The van der Waals surface area contributed by atoms with Gasteiger partial charge in [-0.1, -0.05) is 12.2 Å². The topological polar surface area (TPSA) is 135 Å². The standard InChI is InChI=1S/C25H38BN3O8S/c1-25(2,3)37-24(32)27-23(26)19(30)16-28-15-17-8-11-22(31)29(17)12-6-5-7-13-36-20-14-18(35-4)9-10-21(20)38(28,33)34/h5-6,9-10,14,17,19,23,30H,7-8,11-13,15-16,26H2,1-4H3,(H,27,32)/b6-5-/t17-,19-,23-/m1/s1. The third kappa shape index (κ3) is 7.64. The van der Waals surface area contributed by atoms with Gasteiger partial charge in [0, 0.05) is 44.1 Å². The summed E-state index contributed by atoms with van der Waals surface area (Å²) in [7, 11) is -1.15. The van der Waals surface area contributed by atoms with Crippen molar-refractivity contribution in [3.8, 4) is 11.5 Å². The molecule has 0 saturated carbocycles. The second-order valence-corrected chi connectivity index (χ2v) is 12.4. The molecule has 2 aliphatic rings. The molecule has 2 aliphatic heterocycles. The molecule has 3 atom stereocenters. The Labute approximate surface area is 225 Å². The number of sulfonamides is 1. The molecule has 0 spiro atoms.